The maximum Gasteiger partial charge on any atom is 0.251 e. The number of hydrogen-bond donors (Lipinski definition) is 4. The van der Waals surface area contributed by atoms with Crippen LogP contribution in [0.15, 0.2) is 55.1 Å². The number of aromatic nitrogens is 4. The molecule has 210 valence electrons. The fourth-order valence-electron chi connectivity index (χ4n) is 5.03. The number of nitrogens with zero attached hydrogens (tertiary/aromatic N) is 4. The minimum absolute atomic E-state index is 0.0965. The van der Waals surface area contributed by atoms with E-state index in [2.05, 4.69) is 44.6 Å². The zero-order valence-corrected chi connectivity index (χ0v) is 22.6. The Balaban J connectivity index is 1.47. The maximum absolute atomic E-state index is 12.1. The number of nitrogens with one attached hydrogen (secondary N) is 2. The molecular formula is C28H32N6O6. The predicted molar refractivity (Wildman–Crippen MR) is 146 cm³/mol. The lowest BCUT2D eigenvalue weighted by Gasteiger charge is -2.22. The molecule has 40 heavy (non-hydrogen) atoms. The van der Waals surface area contributed by atoms with Gasteiger partial charge in [0.25, 0.3) is 5.91 Å². The van der Waals surface area contributed by atoms with Crippen molar-refractivity contribution in [3.63, 3.8) is 0 Å². The molecule has 0 bridgehead atoms. The normalized spacial score (nSPS) is 21.2. The number of aliphatic hydroxyl groups excluding tert-OH is 2. The van der Waals surface area contributed by atoms with Crippen LogP contribution in [0.25, 0.3) is 11.2 Å². The Hall–Kier alpha value is -4.26. The molecule has 12 heteroatoms. The van der Waals surface area contributed by atoms with Crippen LogP contribution in [0.4, 0.5) is 5.82 Å². The van der Waals surface area contributed by atoms with Gasteiger partial charge in [0.1, 0.15) is 30.0 Å². The smallest absolute Gasteiger partial charge is 0.251 e. The first-order valence-corrected chi connectivity index (χ1v) is 12.8. The summed E-state index contributed by atoms with van der Waals surface area (Å²) in [6.07, 6.45) is -2.22. The predicted octanol–water partition coefficient (Wildman–Crippen LogP) is 1.76. The van der Waals surface area contributed by atoms with Crippen molar-refractivity contribution in [2.75, 3.05) is 33.1 Å². The van der Waals surface area contributed by atoms with E-state index in [1.807, 2.05) is 30.3 Å². The molecular weight excluding hydrogens is 516 g/mol. The zero-order valence-electron chi connectivity index (χ0n) is 22.6. The number of aliphatic hydroxyl groups is 2. The Labute approximate surface area is 231 Å². The van der Waals surface area contributed by atoms with Gasteiger partial charge in [-0.1, -0.05) is 24.3 Å². The van der Waals surface area contributed by atoms with Gasteiger partial charge in [-0.15, -0.1) is 0 Å². The molecule has 4 N–H and O–H groups in total. The lowest BCUT2D eigenvalue weighted by Crippen LogP contribution is -2.41. The number of ether oxygens (including phenoxy) is 3. The van der Waals surface area contributed by atoms with Crippen LogP contribution in [0.3, 0.4) is 0 Å². The van der Waals surface area contributed by atoms with Gasteiger partial charge in [0, 0.05) is 25.6 Å². The largest absolute Gasteiger partial charge is 0.497 e. The Morgan fingerprint density at radius 2 is 1.80 bits per heavy atom. The molecule has 5 atom stereocenters. The van der Waals surface area contributed by atoms with Crippen LogP contribution < -0.4 is 20.1 Å². The first-order valence-electron chi connectivity index (χ1n) is 12.8. The number of benzene rings is 2. The second-order valence-corrected chi connectivity index (χ2v) is 9.53. The molecule has 1 fully saturated rings. The summed E-state index contributed by atoms with van der Waals surface area (Å²) in [5, 5.41) is 26.9. The quantitative estimate of drug-likeness (QED) is 0.243. The molecule has 3 heterocycles. The summed E-state index contributed by atoms with van der Waals surface area (Å²) in [5.74, 6) is 1.22. The third-order valence-electron chi connectivity index (χ3n) is 7.19. The standard InChI is InChI=1S/C28H32N6O6/c1-15-7-5-6-8-19(15)20(16-9-17(38-3)11-18(10-16)39-4)12-30-25-21-26(32-13-31-25)34(14-33-21)28-23(36)22(35)24(40-28)27(37)29-2/h5-11,13-14,20,22-24,28,35-36H,12H2,1-4H3,(H,29,37)(H,30,31,32)/t20?,22-,23+,24-,28?/m0/s1. The molecule has 12 nitrogen and oxygen atoms in total. The highest BCUT2D eigenvalue weighted by Crippen LogP contribution is 2.35. The van der Waals surface area contributed by atoms with Crippen LogP contribution in [0.2, 0.25) is 0 Å². The summed E-state index contributed by atoms with van der Waals surface area (Å²) >= 11 is 0. The monoisotopic (exact) mass is 548 g/mol. The van der Waals surface area contributed by atoms with Gasteiger partial charge in [0.2, 0.25) is 0 Å². The van der Waals surface area contributed by atoms with E-state index in [1.165, 1.54) is 24.3 Å². The molecule has 1 amide bonds. The number of aryl methyl sites for hydroxylation is 1. The van der Waals surface area contributed by atoms with Crippen molar-refractivity contribution in [3.8, 4) is 11.5 Å². The van der Waals surface area contributed by atoms with E-state index >= 15 is 0 Å². The molecule has 1 aliphatic rings. The van der Waals surface area contributed by atoms with Crippen molar-refractivity contribution in [1.29, 1.82) is 0 Å². The van der Waals surface area contributed by atoms with Gasteiger partial charge >= 0.3 is 0 Å². The average molecular weight is 549 g/mol. The molecule has 2 aromatic heterocycles. The molecule has 4 aromatic rings. The number of rotatable bonds is 9. The molecule has 0 radical (unpaired) electrons. The molecule has 2 aromatic carbocycles. The topological polar surface area (TPSA) is 153 Å². The second-order valence-electron chi connectivity index (χ2n) is 9.53. The summed E-state index contributed by atoms with van der Waals surface area (Å²) in [5.41, 5.74) is 4.07. The summed E-state index contributed by atoms with van der Waals surface area (Å²) in [6.45, 7) is 2.53. The van der Waals surface area contributed by atoms with Gasteiger partial charge in [0.15, 0.2) is 29.3 Å². The van der Waals surface area contributed by atoms with E-state index in [1.54, 1.807) is 14.2 Å². The number of methoxy groups -OCH3 is 2. The van der Waals surface area contributed by atoms with Crippen molar-refractivity contribution in [2.24, 2.45) is 0 Å². The summed E-state index contributed by atoms with van der Waals surface area (Å²) in [6, 6.07) is 14.0. The first kappa shape index (κ1) is 27.3. The fourth-order valence-corrected chi connectivity index (χ4v) is 5.03. The first-order chi connectivity index (χ1) is 19.4. The van der Waals surface area contributed by atoms with Crippen LogP contribution in [-0.4, -0.2) is 81.8 Å². The molecule has 0 saturated carbocycles. The average Bonchev–Trinajstić information content (AvgIpc) is 3.54. The Bertz CT molecular complexity index is 1490. The Morgan fingerprint density at radius 3 is 2.48 bits per heavy atom. The van der Waals surface area contributed by atoms with Gasteiger partial charge in [-0.25, -0.2) is 15.0 Å². The van der Waals surface area contributed by atoms with E-state index in [0.29, 0.717) is 35.0 Å². The SMILES string of the molecule is CNC(=O)[C@H]1OC(n2cnc3c(NCC(c4cc(OC)cc(OC)c4)c4ccccc4C)ncnc32)[C@H](O)[C@@H]1O. The maximum atomic E-state index is 12.1. The van der Waals surface area contributed by atoms with Crippen LogP contribution in [-0.2, 0) is 9.53 Å². The van der Waals surface area contributed by atoms with E-state index in [9.17, 15) is 15.0 Å². The Kier molecular flexibility index (Phi) is 7.83. The van der Waals surface area contributed by atoms with Crippen LogP contribution in [0, 0.1) is 6.92 Å². The number of carbonyl (C=O) groups is 1. The van der Waals surface area contributed by atoms with Crippen molar-refractivity contribution in [3.05, 3.63) is 71.8 Å². The summed E-state index contributed by atoms with van der Waals surface area (Å²) in [7, 11) is 4.67. The molecule has 0 spiro atoms. The van der Waals surface area contributed by atoms with Crippen molar-refractivity contribution < 1.29 is 29.2 Å². The summed E-state index contributed by atoms with van der Waals surface area (Å²) < 4.78 is 18.2. The minimum Gasteiger partial charge on any atom is -0.497 e. The van der Waals surface area contributed by atoms with Crippen LogP contribution in [0.5, 0.6) is 11.5 Å². The highest BCUT2D eigenvalue weighted by Gasteiger charge is 2.47. The van der Waals surface area contributed by atoms with Gasteiger partial charge in [-0.3, -0.25) is 9.36 Å². The molecule has 1 saturated heterocycles. The molecule has 1 aliphatic heterocycles. The minimum atomic E-state index is -1.41. The van der Waals surface area contributed by atoms with Crippen LogP contribution in [0.1, 0.15) is 28.8 Å². The van der Waals surface area contributed by atoms with Crippen LogP contribution >= 0.6 is 0 Å². The van der Waals surface area contributed by atoms with Crippen molar-refractivity contribution in [2.45, 2.75) is 37.4 Å². The number of fused-ring (bicyclic) bond motifs is 1. The van der Waals surface area contributed by atoms with Gasteiger partial charge < -0.3 is 35.1 Å². The van der Waals surface area contributed by atoms with E-state index in [-0.39, 0.29) is 5.92 Å². The van der Waals surface area contributed by atoms with E-state index in [4.69, 9.17) is 14.2 Å². The van der Waals surface area contributed by atoms with Crippen molar-refractivity contribution >= 4 is 22.9 Å². The number of carbonyl (C=O) groups excluding carboxylic acids is 1. The second kappa shape index (κ2) is 11.5. The highest BCUT2D eigenvalue weighted by atomic mass is 16.6. The van der Waals surface area contributed by atoms with Gasteiger partial charge in [-0.2, -0.15) is 0 Å². The zero-order chi connectivity index (χ0) is 28.4. The highest BCUT2D eigenvalue weighted by molar-refractivity contribution is 5.83. The number of hydrogen-bond acceptors (Lipinski definition) is 10. The molecule has 5 rings (SSSR count). The Morgan fingerprint density at radius 1 is 1.07 bits per heavy atom. The lowest BCUT2D eigenvalue weighted by molar-refractivity contribution is -0.137. The summed E-state index contributed by atoms with van der Waals surface area (Å²) in [4.78, 5) is 25.3. The molecule has 2 unspecified atom stereocenters. The van der Waals surface area contributed by atoms with Gasteiger partial charge in [-0.05, 0) is 35.7 Å². The number of likely N-dealkylation sites (N-methyl/N-ethyl adjacent to an activating group) is 1. The third-order valence-corrected chi connectivity index (χ3v) is 7.19. The third kappa shape index (κ3) is 5.04. The van der Waals surface area contributed by atoms with E-state index in [0.717, 1.165) is 16.7 Å². The van der Waals surface area contributed by atoms with Gasteiger partial charge in [0.05, 0.1) is 20.5 Å². The molecule has 0 aliphatic carbocycles. The number of amides is 1. The van der Waals surface area contributed by atoms with Crippen molar-refractivity contribution in [1.82, 2.24) is 24.8 Å². The fraction of sp³-hybridized carbons (Fsp3) is 0.357. The number of imidazole rings is 1. The lowest BCUT2D eigenvalue weighted by atomic mass is 9.88. The van der Waals surface area contributed by atoms with E-state index < -0.39 is 30.4 Å². The number of anilines is 1.